The molecule has 0 atom stereocenters. The molecule has 5 heteroatoms. The van der Waals surface area contributed by atoms with Crippen LogP contribution < -0.4 is 0 Å². The lowest BCUT2D eigenvalue weighted by Crippen LogP contribution is -2.30. The van der Waals surface area contributed by atoms with Gasteiger partial charge in [-0.2, -0.15) is 0 Å². The molecule has 0 N–H and O–H groups in total. The van der Waals surface area contributed by atoms with E-state index in [4.69, 9.17) is 0 Å². The Labute approximate surface area is 104 Å². The molecule has 3 rings (SSSR count). The average molecular weight is 246 g/mol. The van der Waals surface area contributed by atoms with Crippen molar-refractivity contribution in [1.82, 2.24) is 19.9 Å². The van der Waals surface area contributed by atoms with Crippen LogP contribution >= 0.6 is 11.3 Å². The zero-order valence-electron chi connectivity index (χ0n) is 9.76. The van der Waals surface area contributed by atoms with Crippen molar-refractivity contribution in [3.05, 3.63) is 39.9 Å². The highest BCUT2D eigenvalue weighted by Gasteiger charge is 2.17. The van der Waals surface area contributed by atoms with Crippen molar-refractivity contribution in [2.45, 2.75) is 26.4 Å². The number of aromatic nitrogens is 3. The van der Waals surface area contributed by atoms with Gasteiger partial charge in [-0.25, -0.2) is 15.0 Å². The quantitative estimate of drug-likeness (QED) is 0.810. The highest BCUT2D eigenvalue weighted by atomic mass is 32.1. The van der Waals surface area contributed by atoms with Crippen LogP contribution in [0, 0.1) is 6.92 Å². The normalized spacial score (nSPS) is 15.8. The lowest BCUT2D eigenvalue weighted by Gasteiger charge is -2.26. The van der Waals surface area contributed by atoms with Crippen LogP contribution in [0.5, 0.6) is 0 Å². The first-order valence-corrected chi connectivity index (χ1v) is 6.54. The van der Waals surface area contributed by atoms with Crippen LogP contribution in [-0.2, 0) is 19.5 Å². The van der Waals surface area contributed by atoms with Gasteiger partial charge in [0.15, 0.2) is 0 Å². The molecule has 0 bridgehead atoms. The minimum atomic E-state index is 0.925. The van der Waals surface area contributed by atoms with E-state index in [-0.39, 0.29) is 0 Å². The van der Waals surface area contributed by atoms with E-state index >= 15 is 0 Å². The maximum atomic E-state index is 4.35. The third-order valence-electron chi connectivity index (χ3n) is 3.00. The van der Waals surface area contributed by atoms with Crippen molar-refractivity contribution >= 4 is 11.3 Å². The molecule has 88 valence electrons. The Balaban J connectivity index is 1.72. The SMILES string of the molecule is Cc1ncc(CN2CCc3cncnc3C2)s1. The number of rotatable bonds is 2. The molecule has 0 saturated carbocycles. The molecule has 0 aliphatic carbocycles. The molecule has 17 heavy (non-hydrogen) atoms. The highest BCUT2D eigenvalue weighted by Crippen LogP contribution is 2.20. The second-order valence-corrected chi connectivity index (χ2v) is 5.62. The predicted octanol–water partition coefficient (Wildman–Crippen LogP) is 1.80. The third kappa shape index (κ3) is 2.35. The number of fused-ring (bicyclic) bond motifs is 1. The van der Waals surface area contributed by atoms with Gasteiger partial charge in [0.05, 0.1) is 10.7 Å². The van der Waals surface area contributed by atoms with Crippen molar-refractivity contribution in [2.75, 3.05) is 6.54 Å². The van der Waals surface area contributed by atoms with Crippen molar-refractivity contribution in [3.63, 3.8) is 0 Å². The van der Waals surface area contributed by atoms with Crippen molar-refractivity contribution in [3.8, 4) is 0 Å². The van der Waals surface area contributed by atoms with E-state index in [0.717, 1.165) is 31.1 Å². The average Bonchev–Trinajstić information content (AvgIpc) is 2.75. The molecule has 0 spiro atoms. The fourth-order valence-electron chi connectivity index (χ4n) is 2.14. The fraction of sp³-hybridized carbons (Fsp3) is 0.417. The summed E-state index contributed by atoms with van der Waals surface area (Å²) in [6.45, 7) is 5.04. The molecule has 4 nitrogen and oxygen atoms in total. The zero-order chi connectivity index (χ0) is 11.7. The van der Waals surface area contributed by atoms with E-state index in [1.807, 2.05) is 19.3 Å². The molecular formula is C12H14N4S. The van der Waals surface area contributed by atoms with Crippen molar-refractivity contribution in [2.24, 2.45) is 0 Å². The number of aryl methyl sites for hydroxylation is 1. The molecule has 0 amide bonds. The van der Waals surface area contributed by atoms with Crippen LogP contribution in [0.4, 0.5) is 0 Å². The minimum absolute atomic E-state index is 0.925. The van der Waals surface area contributed by atoms with Gasteiger partial charge in [0.1, 0.15) is 6.33 Å². The van der Waals surface area contributed by atoms with Gasteiger partial charge in [-0.1, -0.05) is 0 Å². The summed E-state index contributed by atoms with van der Waals surface area (Å²) in [6, 6.07) is 0. The number of hydrogen-bond acceptors (Lipinski definition) is 5. The molecule has 2 aromatic rings. The summed E-state index contributed by atoms with van der Waals surface area (Å²) in [5.41, 5.74) is 2.47. The lowest BCUT2D eigenvalue weighted by molar-refractivity contribution is 0.243. The first-order valence-electron chi connectivity index (χ1n) is 5.72. The molecule has 0 saturated heterocycles. The summed E-state index contributed by atoms with van der Waals surface area (Å²) in [6.07, 6.45) is 6.61. The number of hydrogen-bond donors (Lipinski definition) is 0. The van der Waals surface area contributed by atoms with E-state index in [1.165, 1.54) is 16.1 Å². The first-order chi connectivity index (χ1) is 8.31. The van der Waals surface area contributed by atoms with E-state index in [1.54, 1.807) is 17.7 Å². The van der Waals surface area contributed by atoms with Gasteiger partial charge in [-0.3, -0.25) is 4.90 Å². The molecular weight excluding hydrogens is 232 g/mol. The molecule has 3 heterocycles. The van der Waals surface area contributed by atoms with Gasteiger partial charge < -0.3 is 0 Å². The maximum Gasteiger partial charge on any atom is 0.115 e. The fourth-order valence-corrected chi connectivity index (χ4v) is 2.98. The van der Waals surface area contributed by atoms with E-state index < -0.39 is 0 Å². The van der Waals surface area contributed by atoms with Crippen LogP contribution in [0.25, 0.3) is 0 Å². The number of nitrogens with zero attached hydrogens (tertiary/aromatic N) is 4. The topological polar surface area (TPSA) is 41.9 Å². The Morgan fingerprint density at radius 1 is 1.35 bits per heavy atom. The van der Waals surface area contributed by atoms with Gasteiger partial charge in [-0.15, -0.1) is 11.3 Å². The van der Waals surface area contributed by atoms with Crippen molar-refractivity contribution in [1.29, 1.82) is 0 Å². The van der Waals surface area contributed by atoms with E-state index in [0.29, 0.717) is 0 Å². The van der Waals surface area contributed by atoms with E-state index in [2.05, 4.69) is 19.9 Å². The Bertz CT molecular complexity index is 523. The Hall–Kier alpha value is -1.33. The smallest absolute Gasteiger partial charge is 0.115 e. The van der Waals surface area contributed by atoms with E-state index in [9.17, 15) is 0 Å². The van der Waals surface area contributed by atoms with Gasteiger partial charge >= 0.3 is 0 Å². The standard InChI is InChI=1S/C12H14N4S/c1-9-14-5-11(17-9)6-16-3-2-10-4-13-8-15-12(10)7-16/h4-5,8H,2-3,6-7H2,1H3. The van der Waals surface area contributed by atoms with Crippen LogP contribution in [0.2, 0.25) is 0 Å². The molecule has 0 aromatic carbocycles. The summed E-state index contributed by atoms with van der Waals surface area (Å²) in [5, 5.41) is 1.14. The molecule has 1 aliphatic rings. The summed E-state index contributed by atoms with van der Waals surface area (Å²) < 4.78 is 0. The highest BCUT2D eigenvalue weighted by molar-refractivity contribution is 7.11. The summed E-state index contributed by atoms with van der Waals surface area (Å²) in [4.78, 5) is 16.5. The Kier molecular flexibility index (Phi) is 2.86. The van der Waals surface area contributed by atoms with Gasteiger partial charge in [0.25, 0.3) is 0 Å². The number of thiazole rings is 1. The van der Waals surface area contributed by atoms with Gasteiger partial charge in [0.2, 0.25) is 0 Å². The summed E-state index contributed by atoms with van der Waals surface area (Å²) in [5.74, 6) is 0. The monoisotopic (exact) mass is 246 g/mol. The maximum absolute atomic E-state index is 4.35. The largest absolute Gasteiger partial charge is 0.292 e. The summed E-state index contributed by atoms with van der Waals surface area (Å²) >= 11 is 1.78. The molecule has 2 aromatic heterocycles. The van der Waals surface area contributed by atoms with Crippen molar-refractivity contribution < 1.29 is 0 Å². The lowest BCUT2D eigenvalue weighted by atomic mass is 10.1. The van der Waals surface area contributed by atoms with Gasteiger partial charge in [0, 0.05) is 36.9 Å². The zero-order valence-corrected chi connectivity index (χ0v) is 10.6. The second kappa shape index (κ2) is 4.50. The summed E-state index contributed by atoms with van der Waals surface area (Å²) in [7, 11) is 0. The van der Waals surface area contributed by atoms with Crippen LogP contribution in [0.15, 0.2) is 18.7 Å². The molecule has 0 radical (unpaired) electrons. The Morgan fingerprint density at radius 3 is 3.12 bits per heavy atom. The van der Waals surface area contributed by atoms with Crippen LogP contribution in [0.3, 0.4) is 0 Å². The predicted molar refractivity (Wildman–Crippen MR) is 66.7 cm³/mol. The molecule has 1 aliphatic heterocycles. The van der Waals surface area contributed by atoms with Crippen LogP contribution in [-0.4, -0.2) is 26.4 Å². The van der Waals surface area contributed by atoms with Crippen LogP contribution in [0.1, 0.15) is 21.1 Å². The first kappa shape index (κ1) is 10.8. The van der Waals surface area contributed by atoms with Gasteiger partial charge in [-0.05, 0) is 18.9 Å². The third-order valence-corrected chi connectivity index (χ3v) is 3.90. The molecule has 0 fully saturated rings. The molecule has 0 unspecified atom stereocenters. The minimum Gasteiger partial charge on any atom is -0.292 e. The Morgan fingerprint density at radius 2 is 2.29 bits per heavy atom. The second-order valence-electron chi connectivity index (χ2n) is 4.30.